The van der Waals surface area contributed by atoms with Gasteiger partial charge < -0.3 is 15.3 Å². The fraction of sp³-hybridized carbons (Fsp3) is 0.318. The van der Waals surface area contributed by atoms with E-state index in [-0.39, 0.29) is 11.8 Å². The van der Waals surface area contributed by atoms with Gasteiger partial charge in [0.2, 0.25) is 11.8 Å². The van der Waals surface area contributed by atoms with Crippen LogP contribution in [0.4, 0.5) is 5.82 Å². The minimum absolute atomic E-state index is 0.0148. The third-order valence-corrected chi connectivity index (χ3v) is 5.50. The molecular weight excluding hydrogens is 354 g/mol. The third kappa shape index (κ3) is 3.82. The average molecular weight is 377 g/mol. The summed E-state index contributed by atoms with van der Waals surface area (Å²) in [6.45, 7) is 1.03. The molecular formula is C22H23N3O3. The average Bonchev–Trinajstić information content (AvgIpc) is 2.73. The van der Waals surface area contributed by atoms with E-state index in [0.29, 0.717) is 44.6 Å². The van der Waals surface area contributed by atoms with Gasteiger partial charge >= 0.3 is 0 Å². The second-order valence-corrected chi connectivity index (χ2v) is 7.38. The van der Waals surface area contributed by atoms with Crippen molar-refractivity contribution in [3.63, 3.8) is 0 Å². The number of nitrogens with zero attached hydrogens (tertiary/aromatic N) is 2. The molecule has 4 rings (SSSR count). The van der Waals surface area contributed by atoms with Crippen molar-refractivity contribution in [2.75, 3.05) is 18.4 Å². The molecule has 0 unspecified atom stereocenters. The zero-order valence-corrected chi connectivity index (χ0v) is 15.6. The van der Waals surface area contributed by atoms with Crippen LogP contribution in [0.3, 0.4) is 0 Å². The monoisotopic (exact) mass is 377 g/mol. The van der Waals surface area contributed by atoms with E-state index < -0.39 is 5.60 Å². The molecule has 0 aliphatic carbocycles. The quantitative estimate of drug-likeness (QED) is 0.805. The summed E-state index contributed by atoms with van der Waals surface area (Å²) >= 11 is 0. The van der Waals surface area contributed by atoms with Crippen LogP contribution in [0.2, 0.25) is 0 Å². The van der Waals surface area contributed by atoms with Crippen LogP contribution in [0.15, 0.2) is 48.7 Å². The molecule has 0 bridgehead atoms. The Kier molecular flexibility index (Phi) is 4.96. The summed E-state index contributed by atoms with van der Waals surface area (Å²) in [4.78, 5) is 30.0. The highest BCUT2D eigenvalue weighted by molar-refractivity contribution is 5.93. The molecule has 3 heterocycles. The number of aryl methyl sites for hydroxylation is 1. The Bertz CT molecular complexity index is 916. The number of hydrogen-bond donors (Lipinski definition) is 2. The van der Waals surface area contributed by atoms with Gasteiger partial charge in [0.25, 0.3) is 0 Å². The normalized spacial score (nSPS) is 18.6. The predicted octanol–water partition coefficient (Wildman–Crippen LogP) is 2.49. The number of hydrogen-bond acceptors (Lipinski definition) is 4. The van der Waals surface area contributed by atoms with Crippen LogP contribution in [0.25, 0.3) is 6.08 Å². The summed E-state index contributed by atoms with van der Waals surface area (Å²) in [5, 5.41) is 13.6. The molecule has 1 aromatic carbocycles. The van der Waals surface area contributed by atoms with Crippen LogP contribution in [0, 0.1) is 0 Å². The molecule has 2 aliphatic heterocycles. The van der Waals surface area contributed by atoms with Gasteiger partial charge in [0.1, 0.15) is 5.82 Å². The molecule has 6 heteroatoms. The highest BCUT2D eigenvalue weighted by Gasteiger charge is 2.34. The van der Waals surface area contributed by atoms with Crippen molar-refractivity contribution < 1.29 is 14.7 Å². The molecule has 2 N–H and O–H groups in total. The highest BCUT2D eigenvalue weighted by Crippen LogP contribution is 2.32. The Labute approximate surface area is 163 Å². The zero-order valence-electron chi connectivity index (χ0n) is 15.6. The molecule has 1 aromatic heterocycles. The number of pyridine rings is 1. The van der Waals surface area contributed by atoms with Crippen molar-refractivity contribution in [3.05, 3.63) is 65.4 Å². The Balaban J connectivity index is 1.38. The maximum absolute atomic E-state index is 12.5. The standard InChI is InChI=1S/C22H23N3O3/c26-19-8-7-17-14-16(15-23-21(17)24-19)6-9-20(27)25-12-10-22(28,11-13-25)18-4-2-1-3-5-18/h1-6,9,14-15,28H,7-8,10-13H2,(H,23,24,26)/b9-6+. The van der Waals surface area contributed by atoms with Crippen molar-refractivity contribution in [3.8, 4) is 0 Å². The number of aromatic nitrogens is 1. The second-order valence-electron chi connectivity index (χ2n) is 7.38. The Morgan fingerprint density at radius 3 is 2.68 bits per heavy atom. The number of piperidine rings is 1. The first-order chi connectivity index (χ1) is 13.5. The van der Waals surface area contributed by atoms with Crippen molar-refractivity contribution in [2.24, 2.45) is 0 Å². The molecule has 1 fully saturated rings. The van der Waals surface area contributed by atoms with Gasteiger partial charge in [-0.2, -0.15) is 0 Å². The second kappa shape index (κ2) is 7.56. The first-order valence-electron chi connectivity index (χ1n) is 9.57. The van der Waals surface area contributed by atoms with Crippen LogP contribution in [0.1, 0.15) is 36.0 Å². The van der Waals surface area contributed by atoms with Gasteiger partial charge in [-0.3, -0.25) is 9.59 Å². The minimum atomic E-state index is -0.866. The van der Waals surface area contributed by atoms with Crippen LogP contribution in [-0.4, -0.2) is 39.9 Å². The molecule has 144 valence electrons. The minimum Gasteiger partial charge on any atom is -0.385 e. The first-order valence-corrected chi connectivity index (χ1v) is 9.57. The lowest BCUT2D eigenvalue weighted by molar-refractivity contribution is -0.130. The lowest BCUT2D eigenvalue weighted by Gasteiger charge is -2.38. The van der Waals surface area contributed by atoms with Crippen LogP contribution >= 0.6 is 0 Å². The molecule has 1 saturated heterocycles. The van der Waals surface area contributed by atoms with Gasteiger partial charge in [0.05, 0.1) is 5.60 Å². The van der Waals surface area contributed by atoms with E-state index in [0.717, 1.165) is 16.7 Å². The van der Waals surface area contributed by atoms with E-state index >= 15 is 0 Å². The molecule has 2 amide bonds. The van der Waals surface area contributed by atoms with Gasteiger partial charge in [-0.15, -0.1) is 0 Å². The number of benzene rings is 1. The SMILES string of the molecule is O=C1CCc2cc(/C=C/C(=O)N3CCC(O)(c4ccccc4)CC3)cnc2N1. The van der Waals surface area contributed by atoms with Gasteiger partial charge in [-0.05, 0) is 48.1 Å². The molecule has 0 saturated carbocycles. The first kappa shape index (κ1) is 18.4. The third-order valence-electron chi connectivity index (χ3n) is 5.50. The lowest BCUT2D eigenvalue weighted by atomic mass is 9.84. The number of aliphatic hydroxyl groups is 1. The maximum Gasteiger partial charge on any atom is 0.246 e. The number of anilines is 1. The zero-order chi connectivity index (χ0) is 19.6. The fourth-order valence-corrected chi connectivity index (χ4v) is 3.77. The number of carbonyl (C=O) groups is 2. The van der Waals surface area contributed by atoms with Crippen molar-refractivity contribution in [2.45, 2.75) is 31.3 Å². The van der Waals surface area contributed by atoms with Gasteiger partial charge in [-0.1, -0.05) is 30.3 Å². The number of nitrogens with one attached hydrogen (secondary N) is 1. The number of carbonyl (C=O) groups excluding carboxylic acids is 2. The summed E-state index contributed by atoms with van der Waals surface area (Å²) < 4.78 is 0. The van der Waals surface area contributed by atoms with E-state index in [9.17, 15) is 14.7 Å². The Hall–Kier alpha value is -2.99. The topological polar surface area (TPSA) is 82.5 Å². The van der Waals surface area contributed by atoms with Gasteiger partial charge in [0.15, 0.2) is 0 Å². The molecule has 2 aromatic rings. The van der Waals surface area contributed by atoms with E-state index in [1.54, 1.807) is 23.2 Å². The molecule has 6 nitrogen and oxygen atoms in total. The maximum atomic E-state index is 12.5. The summed E-state index contributed by atoms with van der Waals surface area (Å²) in [7, 11) is 0. The van der Waals surface area contributed by atoms with Gasteiger partial charge in [-0.25, -0.2) is 4.98 Å². The molecule has 28 heavy (non-hydrogen) atoms. The Morgan fingerprint density at radius 1 is 1.18 bits per heavy atom. The number of amides is 2. The van der Waals surface area contributed by atoms with Gasteiger partial charge in [0, 0.05) is 31.8 Å². The molecule has 0 atom stereocenters. The molecule has 0 spiro atoms. The number of rotatable bonds is 3. The summed E-state index contributed by atoms with van der Waals surface area (Å²) in [5.74, 6) is 0.524. The predicted molar refractivity (Wildman–Crippen MR) is 106 cm³/mol. The summed E-state index contributed by atoms with van der Waals surface area (Å²) in [5.41, 5.74) is 1.86. The highest BCUT2D eigenvalue weighted by atomic mass is 16.3. The van der Waals surface area contributed by atoms with E-state index in [1.807, 2.05) is 36.4 Å². The molecule has 0 radical (unpaired) electrons. The Morgan fingerprint density at radius 2 is 1.93 bits per heavy atom. The van der Waals surface area contributed by atoms with E-state index in [4.69, 9.17) is 0 Å². The summed E-state index contributed by atoms with van der Waals surface area (Å²) in [6.07, 6.45) is 7.13. The van der Waals surface area contributed by atoms with Crippen LogP contribution in [0.5, 0.6) is 0 Å². The van der Waals surface area contributed by atoms with Crippen LogP contribution < -0.4 is 5.32 Å². The van der Waals surface area contributed by atoms with Crippen LogP contribution in [-0.2, 0) is 21.6 Å². The van der Waals surface area contributed by atoms with E-state index in [2.05, 4.69) is 10.3 Å². The lowest BCUT2D eigenvalue weighted by Crippen LogP contribution is -2.44. The van der Waals surface area contributed by atoms with Crippen molar-refractivity contribution in [1.82, 2.24) is 9.88 Å². The number of likely N-dealkylation sites (tertiary alicyclic amines) is 1. The van der Waals surface area contributed by atoms with Crippen molar-refractivity contribution in [1.29, 1.82) is 0 Å². The van der Waals surface area contributed by atoms with Crippen molar-refractivity contribution >= 4 is 23.7 Å². The fourth-order valence-electron chi connectivity index (χ4n) is 3.77. The molecule has 2 aliphatic rings. The largest absolute Gasteiger partial charge is 0.385 e. The number of fused-ring (bicyclic) bond motifs is 1. The smallest absolute Gasteiger partial charge is 0.246 e. The van der Waals surface area contributed by atoms with E-state index in [1.165, 1.54) is 0 Å². The summed E-state index contributed by atoms with van der Waals surface area (Å²) in [6, 6.07) is 11.6.